The maximum absolute atomic E-state index is 14.3. The van der Waals surface area contributed by atoms with E-state index in [1.165, 1.54) is 19.1 Å². The normalized spacial score (nSPS) is 14.5. The van der Waals surface area contributed by atoms with Crippen LogP contribution in [0.15, 0.2) is 79.1 Å². The number of primary amides is 1. The molecule has 0 spiro atoms. The van der Waals surface area contributed by atoms with Crippen LogP contribution in [0.2, 0.25) is 0 Å². The number of aromatic nitrogens is 2. The molecule has 55 heavy (non-hydrogen) atoms. The van der Waals surface area contributed by atoms with Crippen LogP contribution >= 0.6 is 11.3 Å². The van der Waals surface area contributed by atoms with E-state index >= 15 is 0 Å². The Labute approximate surface area is 320 Å². The highest BCUT2D eigenvalue weighted by Gasteiger charge is 2.36. The van der Waals surface area contributed by atoms with Gasteiger partial charge in [-0.3, -0.25) is 14.3 Å². The molecule has 1 aliphatic heterocycles. The summed E-state index contributed by atoms with van der Waals surface area (Å²) < 4.78 is 67.0. The van der Waals surface area contributed by atoms with E-state index in [4.69, 9.17) is 24.7 Å². The number of carbonyl (C=O) groups is 2. The van der Waals surface area contributed by atoms with Crippen LogP contribution in [0.3, 0.4) is 0 Å². The molecule has 3 heterocycles. The Kier molecular flexibility index (Phi) is 12.9. The van der Waals surface area contributed by atoms with Crippen LogP contribution in [0.1, 0.15) is 45.0 Å². The number of thiophene rings is 1. The number of benzene rings is 3. The summed E-state index contributed by atoms with van der Waals surface area (Å²) in [5, 5.41) is 3.14. The molecule has 0 radical (unpaired) electrons. The van der Waals surface area contributed by atoms with Crippen LogP contribution in [0.4, 0.5) is 18.0 Å². The minimum Gasteiger partial charge on any atom is -0.491 e. The van der Waals surface area contributed by atoms with E-state index in [1.54, 1.807) is 12.4 Å². The molecule has 3 N–H and O–H groups in total. The lowest BCUT2D eigenvalue weighted by atomic mass is 10.0. The number of alkyl carbamates (subject to hydrolysis) is 1. The van der Waals surface area contributed by atoms with Gasteiger partial charge in [-0.2, -0.15) is 13.2 Å². The van der Waals surface area contributed by atoms with Gasteiger partial charge in [-0.25, -0.2) is 9.78 Å². The van der Waals surface area contributed by atoms with Gasteiger partial charge in [0.1, 0.15) is 47.0 Å². The number of imidazole rings is 1. The van der Waals surface area contributed by atoms with E-state index in [-0.39, 0.29) is 54.9 Å². The maximum atomic E-state index is 14.3. The molecule has 1 aliphatic rings. The lowest BCUT2D eigenvalue weighted by Crippen LogP contribution is -2.43. The summed E-state index contributed by atoms with van der Waals surface area (Å²) in [6.07, 6.45) is -4.80. The van der Waals surface area contributed by atoms with Crippen molar-refractivity contribution >= 4 is 34.4 Å². The number of nitrogens with two attached hydrogens (primary N) is 1. The SMILES string of the molecule is CC(Oc1cc(-n2cnc3ccc(CN4CCN(C)CC4)cc32)sc1C(N)=O)c1ccc(OCCOCCNC(=O)OCc2ccccc2)cc1C(F)(F)F. The molecule has 16 heteroatoms. The quantitative estimate of drug-likeness (QED) is 0.109. The third kappa shape index (κ3) is 10.5. The smallest absolute Gasteiger partial charge is 0.416 e. The summed E-state index contributed by atoms with van der Waals surface area (Å²) in [6.45, 7) is 6.71. The van der Waals surface area contributed by atoms with Gasteiger partial charge >= 0.3 is 12.3 Å². The van der Waals surface area contributed by atoms with Crippen LogP contribution in [-0.2, 0) is 28.8 Å². The highest BCUT2D eigenvalue weighted by molar-refractivity contribution is 7.16. The fourth-order valence-electron chi connectivity index (χ4n) is 6.13. The predicted octanol–water partition coefficient (Wildman–Crippen LogP) is 6.41. The summed E-state index contributed by atoms with van der Waals surface area (Å²) in [4.78, 5) is 33.7. The number of fused-ring (bicyclic) bond motifs is 1. The van der Waals surface area contributed by atoms with Crippen molar-refractivity contribution in [2.45, 2.75) is 32.4 Å². The Morgan fingerprint density at radius 1 is 0.964 bits per heavy atom. The first-order valence-electron chi connectivity index (χ1n) is 17.8. The number of alkyl halides is 3. The Morgan fingerprint density at radius 2 is 1.75 bits per heavy atom. The van der Waals surface area contributed by atoms with Crippen LogP contribution in [0, 0.1) is 0 Å². The number of halogens is 3. The molecule has 0 bridgehead atoms. The van der Waals surface area contributed by atoms with Gasteiger partial charge in [-0.15, -0.1) is 11.3 Å². The molecule has 1 unspecified atom stereocenters. The molecule has 2 aromatic heterocycles. The molecule has 1 saturated heterocycles. The minimum atomic E-state index is -4.73. The number of hydrogen-bond acceptors (Lipinski definition) is 10. The van der Waals surface area contributed by atoms with E-state index in [2.05, 4.69) is 39.3 Å². The minimum absolute atomic E-state index is 0.0101. The van der Waals surface area contributed by atoms with Gasteiger partial charge in [0.05, 0.1) is 29.8 Å². The van der Waals surface area contributed by atoms with Crippen molar-refractivity contribution < 1.29 is 41.7 Å². The van der Waals surface area contributed by atoms with Gasteiger partial charge < -0.3 is 34.9 Å². The van der Waals surface area contributed by atoms with Crippen molar-refractivity contribution in [3.05, 3.63) is 106 Å². The molecular formula is C39H43F3N6O6S. The molecule has 292 valence electrons. The van der Waals surface area contributed by atoms with Gasteiger partial charge in [-0.05, 0) is 49.4 Å². The van der Waals surface area contributed by atoms with E-state index < -0.39 is 29.8 Å². The van der Waals surface area contributed by atoms with Crippen molar-refractivity contribution in [1.29, 1.82) is 0 Å². The molecule has 12 nitrogen and oxygen atoms in total. The van der Waals surface area contributed by atoms with Crippen molar-refractivity contribution in [3.8, 4) is 16.5 Å². The summed E-state index contributed by atoms with van der Waals surface area (Å²) in [6, 6.07) is 20.5. The van der Waals surface area contributed by atoms with Gasteiger partial charge in [0.15, 0.2) is 0 Å². The fraction of sp³-hybridized carbons (Fsp3) is 0.359. The molecule has 1 fully saturated rings. The number of carbonyl (C=O) groups excluding carboxylic acids is 2. The molecule has 0 aliphatic carbocycles. The zero-order valence-electron chi connectivity index (χ0n) is 30.5. The standard InChI is InChI=1S/C39H43F3N6O6S/c1-26(30-10-9-29(21-31(30)39(40,41)42)52-19-18-51-17-12-44-38(50)53-24-27-6-4-3-5-7-27)54-34-22-35(55-36(34)37(43)49)48-25-45-32-11-8-28(20-33(32)48)23-47-15-13-46(2)14-16-47/h3-11,20-22,25-26H,12-19,23-24H2,1-2H3,(H2,43,49)(H,44,50). The highest BCUT2D eigenvalue weighted by Crippen LogP contribution is 2.40. The first kappa shape index (κ1) is 39.5. The van der Waals surface area contributed by atoms with E-state index in [0.29, 0.717) is 5.00 Å². The number of likely N-dealkylation sites (N-methyl/N-ethyl adjacent to an activating group) is 1. The number of nitrogens with zero attached hydrogens (tertiary/aromatic N) is 4. The lowest BCUT2D eigenvalue weighted by molar-refractivity contribution is -0.139. The Balaban J connectivity index is 1.06. The molecule has 5 aromatic rings. The van der Waals surface area contributed by atoms with Crippen LogP contribution < -0.4 is 20.5 Å². The second-order valence-corrected chi connectivity index (χ2v) is 14.1. The number of amides is 2. The van der Waals surface area contributed by atoms with Gasteiger partial charge in [0.2, 0.25) is 0 Å². The second-order valence-electron chi connectivity index (χ2n) is 13.1. The fourth-order valence-corrected chi connectivity index (χ4v) is 7.06. The topological polar surface area (TPSA) is 133 Å². The Bertz CT molecular complexity index is 2070. The number of rotatable bonds is 16. The monoisotopic (exact) mass is 780 g/mol. The maximum Gasteiger partial charge on any atom is 0.416 e. The second kappa shape index (κ2) is 18.0. The summed E-state index contributed by atoms with van der Waals surface area (Å²) in [5.41, 5.74) is 8.17. The first-order chi connectivity index (χ1) is 26.4. The van der Waals surface area contributed by atoms with E-state index in [1.807, 2.05) is 41.0 Å². The van der Waals surface area contributed by atoms with Crippen LogP contribution in [-0.4, -0.2) is 90.9 Å². The molecule has 1 atom stereocenters. The van der Waals surface area contributed by atoms with Crippen molar-refractivity contribution in [2.24, 2.45) is 5.73 Å². The molecule has 6 rings (SSSR count). The Hall–Kier alpha value is -5.16. The summed E-state index contributed by atoms with van der Waals surface area (Å²) in [7, 11) is 2.11. The number of ether oxygens (including phenoxy) is 4. The lowest BCUT2D eigenvalue weighted by Gasteiger charge is -2.32. The van der Waals surface area contributed by atoms with Gasteiger partial charge in [0, 0.05) is 50.9 Å². The molecule has 2 amide bonds. The van der Waals surface area contributed by atoms with Gasteiger partial charge in [-0.1, -0.05) is 42.5 Å². The van der Waals surface area contributed by atoms with Gasteiger partial charge in [0.25, 0.3) is 5.91 Å². The van der Waals surface area contributed by atoms with Crippen LogP contribution in [0.5, 0.6) is 11.5 Å². The van der Waals surface area contributed by atoms with E-state index in [9.17, 15) is 22.8 Å². The Morgan fingerprint density at radius 3 is 2.49 bits per heavy atom. The van der Waals surface area contributed by atoms with Crippen molar-refractivity contribution in [3.63, 3.8) is 0 Å². The first-order valence-corrected chi connectivity index (χ1v) is 18.6. The van der Waals surface area contributed by atoms with Crippen LogP contribution in [0.25, 0.3) is 16.0 Å². The number of piperazine rings is 1. The summed E-state index contributed by atoms with van der Waals surface area (Å²) in [5.74, 6) is -0.705. The molecule has 0 saturated carbocycles. The number of nitrogens with one attached hydrogen (secondary N) is 1. The average molecular weight is 781 g/mol. The average Bonchev–Trinajstić information content (AvgIpc) is 3.78. The summed E-state index contributed by atoms with van der Waals surface area (Å²) >= 11 is 1.08. The third-order valence-corrected chi connectivity index (χ3v) is 10.2. The predicted molar refractivity (Wildman–Crippen MR) is 202 cm³/mol. The molecule has 3 aromatic carbocycles. The highest BCUT2D eigenvalue weighted by atomic mass is 32.1. The largest absolute Gasteiger partial charge is 0.491 e. The third-order valence-electron chi connectivity index (χ3n) is 9.06. The number of hydrogen-bond donors (Lipinski definition) is 2. The zero-order chi connectivity index (χ0) is 39.0. The van der Waals surface area contributed by atoms with E-state index in [0.717, 1.165) is 72.3 Å². The van der Waals surface area contributed by atoms with Crippen molar-refractivity contribution in [2.75, 3.05) is 59.6 Å². The zero-order valence-corrected chi connectivity index (χ0v) is 31.3. The molecular weight excluding hydrogens is 738 g/mol. The van der Waals surface area contributed by atoms with Crippen molar-refractivity contribution in [1.82, 2.24) is 24.7 Å².